The molecule has 2 aromatic carbocycles. The number of benzene rings is 2. The van der Waals surface area contributed by atoms with Crippen molar-refractivity contribution in [2.24, 2.45) is 0 Å². The van der Waals surface area contributed by atoms with Gasteiger partial charge in [-0.3, -0.25) is 4.79 Å². The lowest BCUT2D eigenvalue weighted by molar-refractivity contribution is 0.104. The number of nitriles is 1. The Labute approximate surface area is 135 Å². The number of nitrogens with zero attached hydrogens (tertiary/aromatic N) is 2. The first-order valence-corrected chi connectivity index (χ1v) is 7.09. The molecule has 0 N–H and O–H groups in total. The van der Waals surface area contributed by atoms with Crippen LogP contribution in [0.15, 0.2) is 54.1 Å². The lowest BCUT2D eigenvalue weighted by Crippen LogP contribution is -2.08. The number of allylic oxidation sites excluding steroid dienone is 1. The van der Waals surface area contributed by atoms with Gasteiger partial charge >= 0.3 is 0 Å². The van der Waals surface area contributed by atoms with Crippen LogP contribution in [0.1, 0.15) is 15.9 Å². The van der Waals surface area contributed by atoms with Crippen molar-refractivity contribution < 1.29 is 4.79 Å². The summed E-state index contributed by atoms with van der Waals surface area (Å²) in [5.74, 6) is -0.371. The van der Waals surface area contributed by atoms with Gasteiger partial charge < -0.3 is 4.90 Å². The van der Waals surface area contributed by atoms with Crippen LogP contribution in [-0.4, -0.2) is 19.9 Å². The molecule has 3 nitrogen and oxygen atoms in total. The van der Waals surface area contributed by atoms with Crippen LogP contribution in [0.3, 0.4) is 0 Å². The van der Waals surface area contributed by atoms with E-state index >= 15 is 0 Å². The number of carbonyl (C=O) groups is 1. The lowest BCUT2D eigenvalue weighted by Gasteiger charge is -2.11. The van der Waals surface area contributed by atoms with Gasteiger partial charge in [-0.2, -0.15) is 5.26 Å². The van der Waals surface area contributed by atoms with Crippen LogP contribution in [0, 0.1) is 11.3 Å². The minimum absolute atomic E-state index is 0.0608. The SMILES string of the molecule is CN(C)c1ccc(C=C(C#N)C(=O)c2ccccc2Cl)cc1. The van der Waals surface area contributed by atoms with Gasteiger partial charge in [-0.05, 0) is 35.9 Å². The van der Waals surface area contributed by atoms with Crippen molar-refractivity contribution in [1.82, 2.24) is 0 Å². The van der Waals surface area contributed by atoms with Gasteiger partial charge in [0, 0.05) is 25.3 Å². The van der Waals surface area contributed by atoms with Crippen molar-refractivity contribution in [3.63, 3.8) is 0 Å². The molecule has 0 unspecified atom stereocenters. The molecule has 0 heterocycles. The van der Waals surface area contributed by atoms with Crippen molar-refractivity contribution >= 4 is 29.1 Å². The van der Waals surface area contributed by atoms with E-state index in [4.69, 9.17) is 11.6 Å². The van der Waals surface area contributed by atoms with Crippen LogP contribution < -0.4 is 4.90 Å². The maximum atomic E-state index is 12.4. The monoisotopic (exact) mass is 310 g/mol. The second-order valence-corrected chi connectivity index (χ2v) is 5.37. The molecule has 0 fully saturated rings. The molecule has 0 aromatic heterocycles. The van der Waals surface area contributed by atoms with Gasteiger partial charge in [0.2, 0.25) is 5.78 Å². The van der Waals surface area contributed by atoms with Crippen molar-refractivity contribution in [1.29, 1.82) is 5.26 Å². The van der Waals surface area contributed by atoms with Gasteiger partial charge in [0.05, 0.1) is 5.02 Å². The summed E-state index contributed by atoms with van der Waals surface area (Å²) in [4.78, 5) is 14.4. The Bertz CT molecular complexity index is 755. The summed E-state index contributed by atoms with van der Waals surface area (Å²) in [7, 11) is 3.90. The highest BCUT2D eigenvalue weighted by Crippen LogP contribution is 2.20. The molecule has 0 aliphatic carbocycles. The number of hydrogen-bond acceptors (Lipinski definition) is 3. The van der Waals surface area contributed by atoms with Gasteiger partial charge in [0.1, 0.15) is 11.6 Å². The minimum atomic E-state index is -0.371. The molecule has 0 saturated carbocycles. The Hall–Kier alpha value is -2.57. The third-order valence-corrected chi connectivity index (χ3v) is 3.53. The normalized spacial score (nSPS) is 10.9. The smallest absolute Gasteiger partial charge is 0.205 e. The van der Waals surface area contributed by atoms with E-state index in [1.165, 1.54) is 0 Å². The second kappa shape index (κ2) is 6.93. The molecule has 22 heavy (non-hydrogen) atoms. The first-order chi connectivity index (χ1) is 10.5. The second-order valence-electron chi connectivity index (χ2n) is 4.96. The van der Waals surface area contributed by atoms with Crippen LogP contribution in [0.2, 0.25) is 5.02 Å². The van der Waals surface area contributed by atoms with E-state index in [-0.39, 0.29) is 11.4 Å². The Morgan fingerprint density at radius 2 is 1.77 bits per heavy atom. The topological polar surface area (TPSA) is 44.1 Å². The standard InChI is InChI=1S/C18H15ClN2O/c1-21(2)15-9-7-13(8-10-15)11-14(12-20)18(22)16-5-3-4-6-17(16)19/h3-11H,1-2H3. The van der Waals surface area contributed by atoms with E-state index in [0.717, 1.165) is 11.3 Å². The summed E-state index contributed by atoms with van der Waals surface area (Å²) in [5.41, 5.74) is 2.24. The Morgan fingerprint density at radius 3 is 2.32 bits per heavy atom. The van der Waals surface area contributed by atoms with Crippen LogP contribution in [-0.2, 0) is 0 Å². The zero-order chi connectivity index (χ0) is 16.1. The number of rotatable bonds is 4. The van der Waals surface area contributed by atoms with E-state index in [1.807, 2.05) is 49.3 Å². The predicted molar refractivity (Wildman–Crippen MR) is 90.1 cm³/mol. The average Bonchev–Trinajstić information content (AvgIpc) is 2.53. The zero-order valence-electron chi connectivity index (χ0n) is 12.4. The summed E-state index contributed by atoms with van der Waals surface area (Å²) < 4.78 is 0. The fourth-order valence-corrected chi connectivity index (χ4v) is 2.20. The Kier molecular flexibility index (Phi) is 4.98. The zero-order valence-corrected chi connectivity index (χ0v) is 13.1. The van der Waals surface area contributed by atoms with Gasteiger partial charge in [0.15, 0.2) is 0 Å². The number of halogens is 1. The van der Waals surface area contributed by atoms with Crippen LogP contribution in [0.5, 0.6) is 0 Å². The maximum Gasteiger partial charge on any atom is 0.205 e. The molecule has 0 radical (unpaired) electrons. The number of Topliss-reactive ketones (excluding diaryl/α,β-unsaturated/α-hetero) is 1. The van der Waals surface area contributed by atoms with Crippen LogP contribution in [0.25, 0.3) is 6.08 Å². The molecule has 0 spiro atoms. The van der Waals surface area contributed by atoms with E-state index in [0.29, 0.717) is 10.6 Å². The van der Waals surface area contributed by atoms with Crippen molar-refractivity contribution in [3.8, 4) is 6.07 Å². The first kappa shape index (κ1) is 15.8. The Balaban J connectivity index is 2.34. The van der Waals surface area contributed by atoms with Gasteiger partial charge in [0.25, 0.3) is 0 Å². The molecule has 0 aliphatic heterocycles. The summed E-state index contributed by atoms with van der Waals surface area (Å²) in [6.07, 6.45) is 1.57. The molecule has 0 atom stereocenters. The quantitative estimate of drug-likeness (QED) is 0.483. The van der Waals surface area contributed by atoms with Crippen LogP contribution in [0.4, 0.5) is 5.69 Å². The largest absolute Gasteiger partial charge is 0.378 e. The molecule has 0 aliphatic rings. The average molecular weight is 311 g/mol. The highest BCUT2D eigenvalue weighted by molar-refractivity contribution is 6.35. The van der Waals surface area contributed by atoms with Gasteiger partial charge in [-0.25, -0.2) is 0 Å². The highest BCUT2D eigenvalue weighted by atomic mass is 35.5. The van der Waals surface area contributed by atoms with E-state index in [2.05, 4.69) is 0 Å². The molecule has 0 amide bonds. The van der Waals surface area contributed by atoms with Crippen molar-refractivity contribution in [2.75, 3.05) is 19.0 Å². The number of carbonyl (C=O) groups excluding carboxylic acids is 1. The van der Waals surface area contributed by atoms with Crippen LogP contribution >= 0.6 is 11.6 Å². The van der Waals surface area contributed by atoms with E-state index in [9.17, 15) is 10.1 Å². The molecular weight excluding hydrogens is 296 g/mol. The number of ketones is 1. The molecule has 0 saturated heterocycles. The third kappa shape index (κ3) is 3.55. The maximum absolute atomic E-state index is 12.4. The lowest BCUT2D eigenvalue weighted by atomic mass is 10.0. The molecular formula is C18H15ClN2O. The third-order valence-electron chi connectivity index (χ3n) is 3.20. The fourth-order valence-electron chi connectivity index (χ4n) is 1.97. The summed E-state index contributed by atoms with van der Waals surface area (Å²) in [5, 5.41) is 9.61. The Morgan fingerprint density at radius 1 is 1.14 bits per heavy atom. The van der Waals surface area contributed by atoms with Crippen molar-refractivity contribution in [3.05, 3.63) is 70.3 Å². The predicted octanol–water partition coefficient (Wildman–Crippen LogP) is 4.20. The minimum Gasteiger partial charge on any atom is -0.378 e. The fraction of sp³-hybridized carbons (Fsp3) is 0.111. The van der Waals surface area contributed by atoms with Crippen molar-refractivity contribution in [2.45, 2.75) is 0 Å². The molecule has 0 bridgehead atoms. The highest BCUT2D eigenvalue weighted by Gasteiger charge is 2.14. The summed E-state index contributed by atoms with van der Waals surface area (Å²) >= 11 is 6.02. The van der Waals surface area contributed by atoms with E-state index in [1.54, 1.807) is 30.3 Å². The van der Waals surface area contributed by atoms with Gasteiger partial charge in [-0.1, -0.05) is 35.9 Å². The molecule has 110 valence electrons. The van der Waals surface area contributed by atoms with E-state index < -0.39 is 0 Å². The molecule has 2 rings (SSSR count). The first-order valence-electron chi connectivity index (χ1n) is 6.71. The summed E-state index contributed by atoms with van der Waals surface area (Å²) in [6.45, 7) is 0. The molecule has 4 heteroatoms. The summed E-state index contributed by atoms with van der Waals surface area (Å²) in [6, 6.07) is 16.3. The molecule has 2 aromatic rings. The number of anilines is 1. The number of hydrogen-bond donors (Lipinski definition) is 0. The van der Waals surface area contributed by atoms with Gasteiger partial charge in [-0.15, -0.1) is 0 Å².